The lowest BCUT2D eigenvalue weighted by Crippen LogP contribution is -2.45. The summed E-state index contributed by atoms with van der Waals surface area (Å²) in [4.78, 5) is 26.5. The van der Waals surface area contributed by atoms with Gasteiger partial charge in [0, 0.05) is 31.6 Å². The lowest BCUT2D eigenvalue weighted by atomic mass is 9.99. The number of amides is 2. The van der Waals surface area contributed by atoms with E-state index >= 15 is 0 Å². The van der Waals surface area contributed by atoms with Crippen LogP contribution < -0.4 is 5.32 Å². The van der Waals surface area contributed by atoms with Gasteiger partial charge < -0.3 is 19.7 Å². The van der Waals surface area contributed by atoms with Crippen molar-refractivity contribution >= 4 is 11.8 Å². The maximum Gasteiger partial charge on any atom is 0.225 e. The highest BCUT2D eigenvalue weighted by Gasteiger charge is 2.45. The van der Waals surface area contributed by atoms with E-state index in [2.05, 4.69) is 15.6 Å². The molecule has 2 fully saturated rings. The SMILES string of the molecule is CC(C)C(=O)N1CCC2(C1)Cn1nnc(CNC(=O)C3CCOCC3)c1CO2. The van der Waals surface area contributed by atoms with E-state index in [4.69, 9.17) is 9.47 Å². The largest absolute Gasteiger partial charge is 0.381 e. The third-order valence-corrected chi connectivity index (χ3v) is 6.02. The van der Waals surface area contributed by atoms with E-state index in [0.717, 1.165) is 37.2 Å². The molecule has 28 heavy (non-hydrogen) atoms. The zero-order valence-electron chi connectivity index (χ0n) is 16.6. The van der Waals surface area contributed by atoms with Crippen LogP contribution in [0, 0.1) is 11.8 Å². The number of fused-ring (bicyclic) bond motifs is 1. The number of aromatic nitrogens is 3. The zero-order chi connectivity index (χ0) is 19.7. The number of carbonyl (C=O) groups is 2. The molecule has 1 spiro atoms. The van der Waals surface area contributed by atoms with Crippen molar-refractivity contribution in [3.8, 4) is 0 Å². The quantitative estimate of drug-likeness (QED) is 0.802. The summed E-state index contributed by atoms with van der Waals surface area (Å²) in [7, 11) is 0. The highest BCUT2D eigenvalue weighted by atomic mass is 16.5. The molecular weight excluding hydrogens is 362 g/mol. The van der Waals surface area contributed by atoms with Crippen LogP contribution in [0.5, 0.6) is 0 Å². The Kier molecular flexibility index (Phi) is 5.37. The first-order chi connectivity index (χ1) is 13.5. The second-order valence-electron chi connectivity index (χ2n) is 8.38. The molecule has 0 radical (unpaired) electrons. The molecule has 0 aliphatic carbocycles. The molecular formula is C19H29N5O4. The molecule has 1 unspecified atom stereocenters. The standard InChI is InChI=1S/C19H29N5O4/c1-13(2)18(26)23-6-5-19(11-23)12-24-16(10-28-19)15(21-22-24)9-20-17(25)14-3-7-27-8-4-14/h13-14H,3-12H2,1-2H3,(H,20,25). The topological polar surface area (TPSA) is 98.6 Å². The number of hydrogen-bond donors (Lipinski definition) is 1. The average molecular weight is 391 g/mol. The van der Waals surface area contributed by atoms with Gasteiger partial charge in [-0.25, -0.2) is 4.68 Å². The molecule has 1 atom stereocenters. The van der Waals surface area contributed by atoms with Gasteiger partial charge >= 0.3 is 0 Å². The molecule has 2 saturated heterocycles. The number of rotatable bonds is 4. The van der Waals surface area contributed by atoms with Gasteiger partial charge in [0.05, 0.1) is 31.9 Å². The molecule has 1 aromatic rings. The van der Waals surface area contributed by atoms with Crippen LogP contribution in [0.4, 0.5) is 0 Å². The molecule has 4 heterocycles. The minimum Gasteiger partial charge on any atom is -0.381 e. The van der Waals surface area contributed by atoms with E-state index in [1.54, 1.807) is 0 Å². The van der Waals surface area contributed by atoms with Crippen LogP contribution in [0.3, 0.4) is 0 Å². The van der Waals surface area contributed by atoms with E-state index in [-0.39, 0.29) is 29.3 Å². The fourth-order valence-electron chi connectivity index (χ4n) is 4.25. The summed E-state index contributed by atoms with van der Waals surface area (Å²) < 4.78 is 13.4. The summed E-state index contributed by atoms with van der Waals surface area (Å²) in [5, 5.41) is 11.5. The molecule has 9 heteroatoms. The molecule has 2 amide bonds. The summed E-state index contributed by atoms with van der Waals surface area (Å²) in [6.45, 7) is 7.80. The summed E-state index contributed by atoms with van der Waals surface area (Å²) in [6, 6.07) is 0. The van der Waals surface area contributed by atoms with Crippen molar-refractivity contribution in [3.63, 3.8) is 0 Å². The fourth-order valence-corrected chi connectivity index (χ4v) is 4.25. The van der Waals surface area contributed by atoms with E-state index in [0.29, 0.717) is 39.5 Å². The molecule has 9 nitrogen and oxygen atoms in total. The predicted octanol–water partition coefficient (Wildman–Crippen LogP) is 0.478. The maximum absolute atomic E-state index is 12.3. The minimum absolute atomic E-state index is 0.00777. The summed E-state index contributed by atoms with van der Waals surface area (Å²) in [5.74, 6) is 0.229. The molecule has 1 aromatic heterocycles. The van der Waals surface area contributed by atoms with E-state index in [9.17, 15) is 9.59 Å². The Bertz CT molecular complexity index is 743. The molecule has 3 aliphatic rings. The zero-order valence-corrected chi connectivity index (χ0v) is 16.6. The van der Waals surface area contributed by atoms with Gasteiger partial charge in [-0.05, 0) is 19.3 Å². The number of carbonyl (C=O) groups excluding carboxylic acids is 2. The Labute approximate surface area is 164 Å². The van der Waals surface area contributed by atoms with Gasteiger partial charge in [0.15, 0.2) is 0 Å². The molecule has 1 N–H and O–H groups in total. The highest BCUT2D eigenvalue weighted by Crippen LogP contribution is 2.33. The number of ether oxygens (including phenoxy) is 2. The van der Waals surface area contributed by atoms with Crippen LogP contribution >= 0.6 is 0 Å². The Morgan fingerprint density at radius 2 is 2.07 bits per heavy atom. The van der Waals surface area contributed by atoms with Crippen molar-refractivity contribution in [1.29, 1.82) is 0 Å². The summed E-state index contributed by atoms with van der Waals surface area (Å²) >= 11 is 0. The first-order valence-corrected chi connectivity index (χ1v) is 10.2. The van der Waals surface area contributed by atoms with Crippen molar-refractivity contribution < 1.29 is 19.1 Å². The lowest BCUT2D eigenvalue weighted by Gasteiger charge is -2.34. The monoisotopic (exact) mass is 391 g/mol. The molecule has 154 valence electrons. The second-order valence-corrected chi connectivity index (χ2v) is 8.38. The van der Waals surface area contributed by atoms with Gasteiger partial charge in [0.1, 0.15) is 11.3 Å². The normalized spacial score (nSPS) is 25.3. The van der Waals surface area contributed by atoms with Crippen LogP contribution in [0.15, 0.2) is 0 Å². The van der Waals surface area contributed by atoms with Gasteiger partial charge in [-0.15, -0.1) is 5.10 Å². The number of nitrogens with zero attached hydrogens (tertiary/aromatic N) is 4. The van der Waals surface area contributed by atoms with Crippen LogP contribution in [0.2, 0.25) is 0 Å². The van der Waals surface area contributed by atoms with Gasteiger partial charge in [-0.3, -0.25) is 9.59 Å². The second kappa shape index (κ2) is 7.79. The van der Waals surface area contributed by atoms with E-state index < -0.39 is 0 Å². The van der Waals surface area contributed by atoms with Crippen molar-refractivity contribution in [2.75, 3.05) is 26.3 Å². The van der Waals surface area contributed by atoms with Gasteiger partial charge in [-0.2, -0.15) is 0 Å². The Hall–Kier alpha value is -2.00. The fraction of sp³-hybridized carbons (Fsp3) is 0.789. The maximum atomic E-state index is 12.3. The van der Waals surface area contributed by atoms with Crippen molar-refractivity contribution in [1.82, 2.24) is 25.2 Å². The van der Waals surface area contributed by atoms with Crippen LogP contribution in [-0.2, 0) is 38.8 Å². The minimum atomic E-state index is -0.381. The average Bonchev–Trinajstić information content (AvgIpc) is 3.30. The van der Waals surface area contributed by atoms with Crippen molar-refractivity contribution in [2.45, 2.75) is 58.4 Å². The molecule has 0 aromatic carbocycles. The smallest absolute Gasteiger partial charge is 0.225 e. The predicted molar refractivity (Wildman–Crippen MR) is 99.0 cm³/mol. The van der Waals surface area contributed by atoms with E-state index in [1.807, 2.05) is 23.4 Å². The number of nitrogens with one attached hydrogen (secondary N) is 1. The third-order valence-electron chi connectivity index (χ3n) is 6.02. The Balaban J connectivity index is 1.36. The van der Waals surface area contributed by atoms with Gasteiger partial charge in [0.2, 0.25) is 11.8 Å². The Morgan fingerprint density at radius 1 is 1.29 bits per heavy atom. The first-order valence-electron chi connectivity index (χ1n) is 10.2. The van der Waals surface area contributed by atoms with Crippen LogP contribution in [-0.4, -0.2) is 63.6 Å². The van der Waals surface area contributed by atoms with Gasteiger partial charge in [-0.1, -0.05) is 19.1 Å². The van der Waals surface area contributed by atoms with E-state index in [1.165, 1.54) is 0 Å². The number of likely N-dealkylation sites (tertiary alicyclic amines) is 1. The van der Waals surface area contributed by atoms with Crippen LogP contribution in [0.25, 0.3) is 0 Å². The van der Waals surface area contributed by atoms with Crippen LogP contribution in [0.1, 0.15) is 44.5 Å². The number of hydrogen-bond acceptors (Lipinski definition) is 6. The molecule has 4 rings (SSSR count). The lowest BCUT2D eigenvalue weighted by molar-refractivity contribution is -0.136. The summed E-state index contributed by atoms with van der Waals surface area (Å²) in [5.41, 5.74) is 1.28. The molecule has 3 aliphatic heterocycles. The Morgan fingerprint density at radius 3 is 2.82 bits per heavy atom. The first kappa shape index (κ1) is 19.3. The highest BCUT2D eigenvalue weighted by molar-refractivity contribution is 5.79. The molecule has 0 bridgehead atoms. The third kappa shape index (κ3) is 3.77. The van der Waals surface area contributed by atoms with Crippen molar-refractivity contribution in [3.05, 3.63) is 11.4 Å². The van der Waals surface area contributed by atoms with Gasteiger partial charge in [0.25, 0.3) is 0 Å². The summed E-state index contributed by atoms with van der Waals surface area (Å²) in [6.07, 6.45) is 2.34. The molecule has 0 saturated carbocycles. The van der Waals surface area contributed by atoms with Crippen molar-refractivity contribution in [2.24, 2.45) is 11.8 Å².